The molecule has 0 aliphatic carbocycles. The number of imidazole rings is 1. The van der Waals surface area contributed by atoms with Gasteiger partial charge in [0.05, 0.1) is 17.7 Å². The number of nitrogens with zero attached hydrogens (tertiary/aromatic N) is 5. The van der Waals surface area contributed by atoms with E-state index < -0.39 is 29.2 Å². The molecule has 2 aromatic heterocycles. The van der Waals surface area contributed by atoms with Gasteiger partial charge in [0.15, 0.2) is 23.3 Å². The van der Waals surface area contributed by atoms with E-state index >= 15 is 0 Å². The van der Waals surface area contributed by atoms with E-state index in [4.69, 9.17) is 0 Å². The average molecular weight is 453 g/mol. The highest BCUT2D eigenvalue weighted by Crippen LogP contribution is 2.33. The number of hydrogen-bond acceptors (Lipinski definition) is 3. The van der Waals surface area contributed by atoms with Crippen molar-refractivity contribution in [3.05, 3.63) is 94.6 Å². The zero-order valence-corrected chi connectivity index (χ0v) is 17.6. The van der Waals surface area contributed by atoms with Crippen molar-refractivity contribution < 1.29 is 17.6 Å². The van der Waals surface area contributed by atoms with Gasteiger partial charge in [-0.05, 0) is 61.2 Å². The summed E-state index contributed by atoms with van der Waals surface area (Å²) in [4.78, 5) is 8.63. The second-order valence-electron chi connectivity index (χ2n) is 8.01. The summed E-state index contributed by atoms with van der Waals surface area (Å²) in [5.41, 5.74) is 2.13. The molecule has 1 aliphatic rings. The molecular weight excluding hydrogens is 434 g/mol. The second kappa shape index (κ2) is 8.31. The second-order valence-corrected chi connectivity index (χ2v) is 8.01. The van der Waals surface area contributed by atoms with Crippen LogP contribution in [0.4, 0.5) is 17.6 Å². The van der Waals surface area contributed by atoms with Crippen LogP contribution in [0, 0.1) is 30.2 Å². The van der Waals surface area contributed by atoms with Gasteiger partial charge in [-0.25, -0.2) is 32.2 Å². The van der Waals surface area contributed by atoms with Gasteiger partial charge in [0.2, 0.25) is 0 Å². The van der Waals surface area contributed by atoms with E-state index in [-0.39, 0.29) is 0 Å². The molecule has 0 amide bonds. The van der Waals surface area contributed by atoms with E-state index in [1.54, 1.807) is 46.1 Å². The van der Waals surface area contributed by atoms with Crippen molar-refractivity contribution in [2.75, 3.05) is 0 Å². The summed E-state index contributed by atoms with van der Waals surface area (Å²) in [6.45, 7) is 2.45. The molecular formula is C24H19F4N5. The summed E-state index contributed by atoms with van der Waals surface area (Å²) in [7, 11) is 0. The quantitative estimate of drug-likeness (QED) is 0.306. The maximum atomic E-state index is 14.6. The van der Waals surface area contributed by atoms with Crippen LogP contribution in [0.5, 0.6) is 0 Å². The van der Waals surface area contributed by atoms with Crippen LogP contribution in [0.3, 0.4) is 0 Å². The van der Waals surface area contributed by atoms with Crippen LogP contribution in [0.1, 0.15) is 47.2 Å². The SMILES string of the molecule is Cc1cn(-c2ccc(C=Cc3nc4n(n3)CCC[C@@H]4c3cc(F)c(F)c(F)c3)cc2F)cn1. The zero-order chi connectivity index (χ0) is 23.1. The molecule has 3 heterocycles. The van der Waals surface area contributed by atoms with Gasteiger partial charge in [0.25, 0.3) is 0 Å². The molecule has 0 radical (unpaired) electrons. The number of benzene rings is 2. The van der Waals surface area contributed by atoms with Gasteiger partial charge in [0.1, 0.15) is 11.6 Å². The molecule has 0 fully saturated rings. The van der Waals surface area contributed by atoms with Gasteiger partial charge < -0.3 is 4.57 Å². The summed E-state index contributed by atoms with van der Waals surface area (Å²) in [5, 5.41) is 4.45. The average Bonchev–Trinajstić information content (AvgIpc) is 3.41. The molecule has 2 aromatic carbocycles. The normalized spacial score (nSPS) is 15.8. The minimum atomic E-state index is -1.49. The molecule has 0 unspecified atom stereocenters. The Balaban J connectivity index is 1.40. The minimum absolute atomic E-state index is 0.322. The first kappa shape index (κ1) is 21.1. The Morgan fingerprint density at radius 3 is 2.48 bits per heavy atom. The first-order valence-electron chi connectivity index (χ1n) is 10.5. The Morgan fingerprint density at radius 1 is 1.00 bits per heavy atom. The molecule has 5 rings (SSSR count). The van der Waals surface area contributed by atoms with Gasteiger partial charge in [-0.1, -0.05) is 12.1 Å². The molecule has 0 bridgehead atoms. The van der Waals surface area contributed by atoms with Crippen molar-refractivity contribution in [1.29, 1.82) is 0 Å². The molecule has 33 heavy (non-hydrogen) atoms. The Bertz CT molecular complexity index is 1350. The van der Waals surface area contributed by atoms with E-state index in [0.29, 0.717) is 41.4 Å². The van der Waals surface area contributed by atoms with Gasteiger partial charge in [-0.3, -0.25) is 0 Å². The van der Waals surface area contributed by atoms with Gasteiger partial charge in [0, 0.05) is 18.7 Å². The van der Waals surface area contributed by atoms with Crippen molar-refractivity contribution >= 4 is 12.2 Å². The van der Waals surface area contributed by atoms with Crippen LogP contribution in [0.15, 0.2) is 42.9 Å². The van der Waals surface area contributed by atoms with Crippen LogP contribution in [-0.4, -0.2) is 24.3 Å². The lowest BCUT2D eigenvalue weighted by atomic mass is 9.91. The van der Waals surface area contributed by atoms with Crippen LogP contribution >= 0.6 is 0 Å². The minimum Gasteiger partial charge on any atom is -0.303 e. The molecule has 9 heteroatoms. The summed E-state index contributed by atoms with van der Waals surface area (Å²) in [6, 6.07) is 6.86. The predicted octanol–water partition coefficient (Wildman–Crippen LogP) is 5.42. The molecule has 0 saturated heterocycles. The van der Waals surface area contributed by atoms with Crippen LogP contribution in [-0.2, 0) is 6.54 Å². The van der Waals surface area contributed by atoms with Crippen molar-refractivity contribution in [2.24, 2.45) is 0 Å². The lowest BCUT2D eigenvalue weighted by Gasteiger charge is -2.22. The van der Waals surface area contributed by atoms with E-state index in [2.05, 4.69) is 15.1 Å². The van der Waals surface area contributed by atoms with E-state index in [1.807, 2.05) is 6.92 Å². The lowest BCUT2D eigenvalue weighted by Crippen LogP contribution is -2.18. The van der Waals surface area contributed by atoms with Crippen molar-refractivity contribution in [1.82, 2.24) is 24.3 Å². The highest BCUT2D eigenvalue weighted by Gasteiger charge is 2.27. The molecule has 0 N–H and O–H groups in total. The van der Waals surface area contributed by atoms with Gasteiger partial charge in [-0.15, -0.1) is 0 Å². The lowest BCUT2D eigenvalue weighted by molar-refractivity contribution is 0.427. The number of hydrogen-bond donors (Lipinski definition) is 0. The Hall–Kier alpha value is -3.75. The Labute approximate surface area is 187 Å². The predicted molar refractivity (Wildman–Crippen MR) is 115 cm³/mol. The maximum Gasteiger partial charge on any atom is 0.194 e. The molecule has 4 aromatic rings. The standard InChI is InChI=1S/C24H19F4N5/c1-14-12-32(13-29-14)21-6-4-15(9-18(21)25)5-7-22-30-24-17(3-2-8-33(24)31-22)16-10-19(26)23(28)20(27)11-16/h4-7,9-13,17H,2-3,8H2,1H3/t17-/m1/s1. The third-order valence-corrected chi connectivity index (χ3v) is 5.69. The van der Waals surface area contributed by atoms with Crippen LogP contribution in [0.2, 0.25) is 0 Å². The fraction of sp³-hybridized carbons (Fsp3) is 0.208. The molecule has 0 saturated carbocycles. The van der Waals surface area contributed by atoms with Gasteiger partial charge >= 0.3 is 0 Å². The summed E-state index contributed by atoms with van der Waals surface area (Å²) in [6.07, 6.45) is 8.00. The number of fused-ring (bicyclic) bond motifs is 1. The van der Waals surface area contributed by atoms with E-state index in [1.165, 1.54) is 6.07 Å². The fourth-order valence-corrected chi connectivity index (χ4v) is 4.09. The smallest absolute Gasteiger partial charge is 0.194 e. The van der Waals surface area contributed by atoms with E-state index in [0.717, 1.165) is 24.2 Å². The molecule has 5 nitrogen and oxygen atoms in total. The molecule has 1 aliphatic heterocycles. The summed E-state index contributed by atoms with van der Waals surface area (Å²) in [5.74, 6) is -3.77. The first-order chi connectivity index (χ1) is 15.9. The van der Waals surface area contributed by atoms with E-state index in [9.17, 15) is 17.6 Å². The first-order valence-corrected chi connectivity index (χ1v) is 10.5. The van der Waals surface area contributed by atoms with Gasteiger partial charge in [-0.2, -0.15) is 5.10 Å². The summed E-state index contributed by atoms with van der Waals surface area (Å²) >= 11 is 0. The summed E-state index contributed by atoms with van der Waals surface area (Å²) < 4.78 is 58.8. The number of aromatic nitrogens is 5. The van der Waals surface area contributed by atoms with Crippen molar-refractivity contribution in [2.45, 2.75) is 32.2 Å². The molecule has 168 valence electrons. The van der Waals surface area contributed by atoms with Crippen molar-refractivity contribution in [3.8, 4) is 5.69 Å². The topological polar surface area (TPSA) is 48.5 Å². The highest BCUT2D eigenvalue weighted by molar-refractivity contribution is 5.67. The molecule has 0 spiro atoms. The number of rotatable bonds is 4. The number of aryl methyl sites for hydroxylation is 2. The largest absolute Gasteiger partial charge is 0.303 e. The Morgan fingerprint density at radius 2 is 1.79 bits per heavy atom. The fourth-order valence-electron chi connectivity index (χ4n) is 4.09. The highest BCUT2D eigenvalue weighted by atomic mass is 19.2. The third-order valence-electron chi connectivity index (χ3n) is 5.69. The third kappa shape index (κ3) is 4.06. The number of halogens is 4. The Kier molecular flexibility index (Phi) is 5.32. The van der Waals surface area contributed by atoms with Crippen LogP contribution in [0.25, 0.3) is 17.8 Å². The molecule has 1 atom stereocenters. The maximum absolute atomic E-state index is 14.6. The van der Waals surface area contributed by atoms with Crippen LogP contribution < -0.4 is 0 Å². The monoisotopic (exact) mass is 453 g/mol. The van der Waals surface area contributed by atoms with Crippen molar-refractivity contribution in [3.63, 3.8) is 0 Å². The zero-order valence-electron chi connectivity index (χ0n) is 17.6.